The maximum Gasteiger partial charge on any atom is 0.179 e. The summed E-state index contributed by atoms with van der Waals surface area (Å²) in [4.78, 5) is 8.03. The molecule has 3 rings (SSSR count). The van der Waals surface area contributed by atoms with Crippen LogP contribution in [0.3, 0.4) is 0 Å². The van der Waals surface area contributed by atoms with Gasteiger partial charge in [0.05, 0.1) is 30.1 Å². The highest BCUT2D eigenvalue weighted by Crippen LogP contribution is 2.40. The fourth-order valence-corrected chi connectivity index (χ4v) is 2.30. The molecule has 1 aromatic carbocycles. The average Bonchev–Trinajstić information content (AvgIpc) is 2.73. The zero-order valence-electron chi connectivity index (χ0n) is 10.6. The number of aliphatic hydroxyl groups is 1. The molecule has 1 aromatic heterocycles. The molecule has 5 nitrogen and oxygen atoms in total. The van der Waals surface area contributed by atoms with Gasteiger partial charge >= 0.3 is 0 Å². The van der Waals surface area contributed by atoms with E-state index in [4.69, 9.17) is 21.1 Å². The van der Waals surface area contributed by atoms with Gasteiger partial charge in [0.15, 0.2) is 11.5 Å². The third-order valence-electron chi connectivity index (χ3n) is 3.00. The van der Waals surface area contributed by atoms with Gasteiger partial charge in [-0.15, -0.1) is 0 Å². The molecule has 1 atom stereocenters. The van der Waals surface area contributed by atoms with E-state index < -0.39 is 6.10 Å². The Bertz CT molecular complexity index is 607. The standard InChI is InChI=1S/C14H13ClN2O3/c15-10-6-9(13(18)11-8-16-2-3-17-11)7-12-14(10)20-5-1-4-19-12/h2-3,6-8,13,18H,1,4-5H2. The van der Waals surface area contributed by atoms with E-state index in [0.717, 1.165) is 6.42 Å². The molecule has 0 radical (unpaired) electrons. The Morgan fingerprint density at radius 2 is 2.05 bits per heavy atom. The summed E-state index contributed by atoms with van der Waals surface area (Å²) in [7, 11) is 0. The molecule has 0 fully saturated rings. The second-order valence-electron chi connectivity index (χ2n) is 4.41. The number of halogens is 1. The minimum atomic E-state index is -0.904. The lowest BCUT2D eigenvalue weighted by Gasteiger charge is -2.14. The number of hydrogen-bond donors (Lipinski definition) is 1. The van der Waals surface area contributed by atoms with Gasteiger partial charge < -0.3 is 14.6 Å². The van der Waals surface area contributed by atoms with Gasteiger partial charge in [0.25, 0.3) is 0 Å². The van der Waals surface area contributed by atoms with E-state index in [-0.39, 0.29) is 0 Å². The smallest absolute Gasteiger partial charge is 0.179 e. The average molecular weight is 293 g/mol. The van der Waals surface area contributed by atoms with Crippen LogP contribution in [0.15, 0.2) is 30.7 Å². The third-order valence-corrected chi connectivity index (χ3v) is 3.28. The van der Waals surface area contributed by atoms with Crippen LogP contribution in [0.5, 0.6) is 11.5 Å². The summed E-state index contributed by atoms with van der Waals surface area (Å²) >= 11 is 6.20. The molecular formula is C14H13ClN2O3. The summed E-state index contributed by atoms with van der Waals surface area (Å²) in [5.41, 5.74) is 1.05. The number of aromatic nitrogens is 2. The van der Waals surface area contributed by atoms with Crippen LogP contribution in [-0.4, -0.2) is 28.3 Å². The number of nitrogens with zero attached hydrogens (tertiary/aromatic N) is 2. The SMILES string of the molecule is OC(c1cc(Cl)c2c(c1)OCCCO2)c1cnccn1. The van der Waals surface area contributed by atoms with E-state index in [0.29, 0.717) is 41.0 Å². The zero-order valence-corrected chi connectivity index (χ0v) is 11.4. The fourth-order valence-electron chi connectivity index (χ4n) is 2.03. The highest BCUT2D eigenvalue weighted by atomic mass is 35.5. The van der Waals surface area contributed by atoms with Gasteiger partial charge in [-0.05, 0) is 17.7 Å². The second-order valence-corrected chi connectivity index (χ2v) is 4.82. The lowest BCUT2D eigenvalue weighted by atomic mass is 10.1. The van der Waals surface area contributed by atoms with Crippen molar-refractivity contribution >= 4 is 11.6 Å². The van der Waals surface area contributed by atoms with E-state index in [9.17, 15) is 5.11 Å². The molecule has 20 heavy (non-hydrogen) atoms. The Labute approximate surface area is 121 Å². The number of rotatable bonds is 2. The molecule has 0 amide bonds. The molecule has 104 valence electrons. The molecule has 0 saturated heterocycles. The minimum Gasteiger partial charge on any atom is -0.489 e. The highest BCUT2D eigenvalue weighted by molar-refractivity contribution is 6.32. The highest BCUT2D eigenvalue weighted by Gasteiger charge is 2.20. The Morgan fingerprint density at radius 1 is 1.20 bits per heavy atom. The summed E-state index contributed by atoms with van der Waals surface area (Å²) in [5.74, 6) is 1.08. The monoisotopic (exact) mass is 292 g/mol. The lowest BCUT2D eigenvalue weighted by Crippen LogP contribution is -2.04. The summed E-state index contributed by atoms with van der Waals surface area (Å²) in [6.45, 7) is 1.13. The van der Waals surface area contributed by atoms with Crippen LogP contribution >= 0.6 is 11.6 Å². The van der Waals surface area contributed by atoms with Crippen LogP contribution in [-0.2, 0) is 0 Å². The van der Waals surface area contributed by atoms with E-state index in [1.54, 1.807) is 18.3 Å². The molecule has 0 saturated carbocycles. The summed E-state index contributed by atoms with van der Waals surface area (Å²) in [5, 5.41) is 10.7. The molecule has 1 aliphatic rings. The number of ether oxygens (including phenoxy) is 2. The molecule has 1 N–H and O–H groups in total. The predicted octanol–water partition coefficient (Wildman–Crippen LogP) is 2.37. The number of aliphatic hydroxyl groups excluding tert-OH is 1. The first-order valence-corrected chi connectivity index (χ1v) is 6.66. The molecule has 0 spiro atoms. The Morgan fingerprint density at radius 3 is 2.85 bits per heavy atom. The van der Waals surface area contributed by atoms with E-state index >= 15 is 0 Å². The van der Waals surface area contributed by atoms with Crippen molar-refractivity contribution in [2.75, 3.05) is 13.2 Å². The van der Waals surface area contributed by atoms with Crippen molar-refractivity contribution in [3.8, 4) is 11.5 Å². The topological polar surface area (TPSA) is 64.5 Å². The molecular weight excluding hydrogens is 280 g/mol. The Kier molecular flexibility index (Phi) is 3.71. The van der Waals surface area contributed by atoms with Crippen molar-refractivity contribution in [2.45, 2.75) is 12.5 Å². The molecule has 1 unspecified atom stereocenters. The van der Waals surface area contributed by atoms with Crippen LogP contribution < -0.4 is 9.47 Å². The van der Waals surface area contributed by atoms with Crippen LogP contribution in [0.2, 0.25) is 5.02 Å². The lowest BCUT2D eigenvalue weighted by molar-refractivity contribution is 0.214. The largest absolute Gasteiger partial charge is 0.489 e. The first-order chi connectivity index (χ1) is 9.75. The van der Waals surface area contributed by atoms with Gasteiger partial charge in [-0.1, -0.05) is 11.6 Å². The maximum atomic E-state index is 10.3. The fraction of sp³-hybridized carbons (Fsp3) is 0.286. The quantitative estimate of drug-likeness (QED) is 0.920. The zero-order chi connectivity index (χ0) is 13.9. The van der Waals surface area contributed by atoms with Crippen LogP contribution in [0.1, 0.15) is 23.8 Å². The van der Waals surface area contributed by atoms with Crippen molar-refractivity contribution in [3.05, 3.63) is 47.0 Å². The maximum absolute atomic E-state index is 10.3. The Hall–Kier alpha value is -1.85. The van der Waals surface area contributed by atoms with Crippen molar-refractivity contribution in [3.63, 3.8) is 0 Å². The van der Waals surface area contributed by atoms with E-state index in [2.05, 4.69) is 9.97 Å². The van der Waals surface area contributed by atoms with Gasteiger partial charge in [-0.25, -0.2) is 0 Å². The van der Waals surface area contributed by atoms with Crippen molar-refractivity contribution in [1.29, 1.82) is 0 Å². The van der Waals surface area contributed by atoms with Gasteiger partial charge in [0.2, 0.25) is 0 Å². The first kappa shape index (κ1) is 13.1. The van der Waals surface area contributed by atoms with Gasteiger partial charge in [0.1, 0.15) is 6.10 Å². The summed E-state index contributed by atoms with van der Waals surface area (Å²) < 4.78 is 11.2. The number of hydrogen-bond acceptors (Lipinski definition) is 5. The predicted molar refractivity (Wildman–Crippen MR) is 73.2 cm³/mol. The first-order valence-electron chi connectivity index (χ1n) is 6.29. The second kappa shape index (κ2) is 5.64. The van der Waals surface area contributed by atoms with E-state index in [1.165, 1.54) is 12.4 Å². The molecule has 0 bridgehead atoms. The van der Waals surface area contributed by atoms with E-state index in [1.807, 2.05) is 0 Å². The number of benzene rings is 1. The van der Waals surface area contributed by atoms with Gasteiger partial charge in [-0.2, -0.15) is 0 Å². The summed E-state index contributed by atoms with van der Waals surface area (Å²) in [6.07, 6.45) is 4.49. The molecule has 1 aliphatic heterocycles. The molecule has 2 aromatic rings. The van der Waals surface area contributed by atoms with Crippen LogP contribution in [0, 0.1) is 0 Å². The van der Waals surface area contributed by atoms with Crippen molar-refractivity contribution in [1.82, 2.24) is 9.97 Å². The summed E-state index contributed by atoms with van der Waals surface area (Å²) in [6, 6.07) is 3.39. The molecule has 6 heteroatoms. The molecule has 0 aliphatic carbocycles. The van der Waals surface area contributed by atoms with Gasteiger partial charge in [-0.3, -0.25) is 9.97 Å². The normalized spacial score (nSPS) is 15.5. The number of fused-ring (bicyclic) bond motifs is 1. The minimum absolute atomic E-state index is 0.419. The van der Waals surface area contributed by atoms with Crippen LogP contribution in [0.4, 0.5) is 0 Å². The third kappa shape index (κ3) is 2.55. The van der Waals surface area contributed by atoms with Crippen LogP contribution in [0.25, 0.3) is 0 Å². The van der Waals surface area contributed by atoms with Crippen molar-refractivity contribution < 1.29 is 14.6 Å². The molecule has 2 heterocycles. The Balaban J connectivity index is 1.99. The van der Waals surface area contributed by atoms with Gasteiger partial charge in [0, 0.05) is 18.8 Å². The van der Waals surface area contributed by atoms with Crippen molar-refractivity contribution in [2.24, 2.45) is 0 Å².